The molecule has 1 amide bonds. The molecule has 0 saturated carbocycles. The standard InChI is InChI=1S/C24H33N3O/c1-19(2)20(3)25-23(28)18-26-14-16-27(17-15-26)24(21-10-6-4-7-11-21)22-12-8-5-9-13-22/h4-13,19-20,24H,14-18H2,1-3H3,(H,25,28)/p+2/t20-/m0/s1. The molecule has 3 N–H and O–H groups in total. The molecule has 1 aliphatic heterocycles. The molecular weight excluding hydrogens is 346 g/mol. The summed E-state index contributed by atoms with van der Waals surface area (Å²) in [7, 11) is 0. The van der Waals surface area contributed by atoms with E-state index in [-0.39, 0.29) is 11.9 Å². The molecule has 28 heavy (non-hydrogen) atoms. The smallest absolute Gasteiger partial charge is 0.275 e. The van der Waals surface area contributed by atoms with Crippen LogP contribution in [0.5, 0.6) is 0 Å². The SMILES string of the molecule is CC(C)[C@H](C)NC(=O)C[NH+]1CC[NH+](C(c2ccccc2)c2ccccc2)CC1. The lowest BCUT2D eigenvalue weighted by Gasteiger charge is -2.35. The maximum Gasteiger partial charge on any atom is 0.275 e. The molecule has 1 fully saturated rings. The average Bonchev–Trinajstić information content (AvgIpc) is 2.71. The van der Waals surface area contributed by atoms with Crippen molar-refractivity contribution in [1.29, 1.82) is 0 Å². The van der Waals surface area contributed by atoms with Crippen LogP contribution in [0.2, 0.25) is 0 Å². The van der Waals surface area contributed by atoms with Crippen LogP contribution in [0.4, 0.5) is 0 Å². The molecule has 4 heteroatoms. The Morgan fingerprint density at radius 2 is 1.36 bits per heavy atom. The summed E-state index contributed by atoms with van der Waals surface area (Å²) in [5.74, 6) is 0.653. The van der Waals surface area contributed by atoms with Gasteiger partial charge in [0, 0.05) is 17.2 Å². The van der Waals surface area contributed by atoms with Gasteiger partial charge in [-0.25, -0.2) is 0 Å². The summed E-state index contributed by atoms with van der Waals surface area (Å²) in [6, 6.07) is 22.3. The van der Waals surface area contributed by atoms with Gasteiger partial charge < -0.3 is 15.1 Å². The molecule has 0 unspecified atom stereocenters. The normalized spacial score (nSPS) is 20.9. The van der Waals surface area contributed by atoms with Crippen molar-refractivity contribution in [2.75, 3.05) is 32.7 Å². The van der Waals surface area contributed by atoms with E-state index < -0.39 is 0 Å². The molecule has 3 rings (SSSR count). The van der Waals surface area contributed by atoms with Gasteiger partial charge in [-0.15, -0.1) is 0 Å². The van der Waals surface area contributed by atoms with Crippen LogP contribution in [0, 0.1) is 5.92 Å². The summed E-state index contributed by atoms with van der Waals surface area (Å²) in [6.45, 7) is 11.2. The highest BCUT2D eigenvalue weighted by Gasteiger charge is 2.32. The van der Waals surface area contributed by atoms with Crippen LogP contribution in [0.1, 0.15) is 37.9 Å². The largest absolute Gasteiger partial charge is 0.348 e. The molecule has 150 valence electrons. The van der Waals surface area contributed by atoms with E-state index >= 15 is 0 Å². The Balaban J connectivity index is 1.62. The summed E-state index contributed by atoms with van der Waals surface area (Å²) in [6.07, 6.45) is 0. The van der Waals surface area contributed by atoms with Crippen molar-refractivity contribution < 1.29 is 14.6 Å². The van der Waals surface area contributed by atoms with E-state index in [9.17, 15) is 4.79 Å². The van der Waals surface area contributed by atoms with Crippen LogP contribution in [0.3, 0.4) is 0 Å². The molecule has 1 saturated heterocycles. The highest BCUT2D eigenvalue weighted by Crippen LogP contribution is 2.18. The van der Waals surface area contributed by atoms with Crippen molar-refractivity contribution in [3.05, 3.63) is 71.8 Å². The van der Waals surface area contributed by atoms with Crippen molar-refractivity contribution in [3.8, 4) is 0 Å². The first-order chi connectivity index (χ1) is 13.5. The van der Waals surface area contributed by atoms with Crippen LogP contribution < -0.4 is 15.1 Å². The number of amides is 1. The third-order valence-corrected chi connectivity index (χ3v) is 6.07. The fourth-order valence-electron chi connectivity index (χ4n) is 4.04. The predicted octanol–water partition coefficient (Wildman–Crippen LogP) is 0.720. The number of nitrogens with one attached hydrogen (secondary N) is 3. The maximum atomic E-state index is 12.3. The Kier molecular flexibility index (Phi) is 7.24. The van der Waals surface area contributed by atoms with Crippen molar-refractivity contribution in [2.24, 2.45) is 5.92 Å². The molecule has 1 atom stereocenters. The second-order valence-corrected chi connectivity index (χ2v) is 8.44. The molecule has 0 spiro atoms. The van der Waals surface area contributed by atoms with E-state index in [4.69, 9.17) is 0 Å². The number of carbonyl (C=O) groups excluding carboxylic acids is 1. The molecule has 1 aliphatic rings. The number of rotatable bonds is 7. The molecule has 0 radical (unpaired) electrons. The van der Waals surface area contributed by atoms with Gasteiger partial charge in [0.15, 0.2) is 6.54 Å². The highest BCUT2D eigenvalue weighted by atomic mass is 16.2. The zero-order valence-corrected chi connectivity index (χ0v) is 17.4. The topological polar surface area (TPSA) is 38.0 Å². The Labute approximate surface area is 169 Å². The lowest BCUT2D eigenvalue weighted by molar-refractivity contribution is -1.02. The molecule has 0 aromatic heterocycles. The van der Waals surface area contributed by atoms with Gasteiger partial charge >= 0.3 is 0 Å². The zero-order valence-electron chi connectivity index (χ0n) is 17.4. The third-order valence-electron chi connectivity index (χ3n) is 6.07. The Hall–Kier alpha value is -2.17. The van der Waals surface area contributed by atoms with Gasteiger partial charge in [-0.3, -0.25) is 4.79 Å². The predicted molar refractivity (Wildman–Crippen MR) is 113 cm³/mol. The van der Waals surface area contributed by atoms with Gasteiger partial charge in [-0.1, -0.05) is 74.5 Å². The summed E-state index contributed by atoms with van der Waals surface area (Å²) in [4.78, 5) is 15.3. The van der Waals surface area contributed by atoms with E-state index in [1.165, 1.54) is 16.0 Å². The molecule has 2 aromatic rings. The van der Waals surface area contributed by atoms with Crippen molar-refractivity contribution in [2.45, 2.75) is 32.9 Å². The molecule has 4 nitrogen and oxygen atoms in total. The van der Waals surface area contributed by atoms with Crippen molar-refractivity contribution in [1.82, 2.24) is 5.32 Å². The number of hydrogen-bond acceptors (Lipinski definition) is 1. The third kappa shape index (κ3) is 5.43. The van der Waals surface area contributed by atoms with Gasteiger partial charge in [-0.2, -0.15) is 0 Å². The van der Waals surface area contributed by atoms with Crippen LogP contribution >= 0.6 is 0 Å². The van der Waals surface area contributed by atoms with E-state index in [1.807, 2.05) is 0 Å². The van der Waals surface area contributed by atoms with Gasteiger partial charge in [0.2, 0.25) is 0 Å². The fourth-order valence-corrected chi connectivity index (χ4v) is 4.04. The van der Waals surface area contributed by atoms with Crippen LogP contribution in [-0.2, 0) is 4.79 Å². The molecule has 0 bridgehead atoms. The quantitative estimate of drug-likeness (QED) is 0.650. The van der Waals surface area contributed by atoms with Crippen molar-refractivity contribution in [3.63, 3.8) is 0 Å². The Morgan fingerprint density at radius 1 is 0.857 bits per heavy atom. The number of benzene rings is 2. The maximum absolute atomic E-state index is 12.3. The monoisotopic (exact) mass is 381 g/mol. The lowest BCUT2D eigenvalue weighted by atomic mass is 9.96. The fraction of sp³-hybridized carbons (Fsp3) is 0.458. The Bertz CT molecular complexity index is 685. The summed E-state index contributed by atoms with van der Waals surface area (Å²) in [5, 5.41) is 3.15. The lowest BCUT2D eigenvalue weighted by Crippen LogP contribution is -3.28. The minimum atomic E-state index is 0.183. The first kappa shape index (κ1) is 20.6. The summed E-state index contributed by atoms with van der Waals surface area (Å²) >= 11 is 0. The first-order valence-corrected chi connectivity index (χ1v) is 10.6. The minimum absolute atomic E-state index is 0.183. The van der Waals surface area contributed by atoms with Gasteiger partial charge in [0.1, 0.15) is 32.2 Å². The molecular formula is C24H35N3O+2. The first-order valence-electron chi connectivity index (χ1n) is 10.6. The average molecular weight is 382 g/mol. The van der Waals surface area contributed by atoms with E-state index in [0.29, 0.717) is 18.5 Å². The zero-order chi connectivity index (χ0) is 19.9. The highest BCUT2D eigenvalue weighted by molar-refractivity contribution is 5.77. The van der Waals surface area contributed by atoms with Crippen LogP contribution in [0.15, 0.2) is 60.7 Å². The number of piperazine rings is 1. The van der Waals surface area contributed by atoms with Crippen LogP contribution in [-0.4, -0.2) is 44.7 Å². The number of hydrogen-bond donors (Lipinski definition) is 3. The second kappa shape index (κ2) is 9.85. The van der Waals surface area contributed by atoms with E-state index in [1.54, 1.807) is 4.90 Å². The number of quaternary nitrogens is 2. The van der Waals surface area contributed by atoms with Gasteiger partial charge in [-0.05, 0) is 12.8 Å². The van der Waals surface area contributed by atoms with Gasteiger partial charge in [0.25, 0.3) is 5.91 Å². The number of carbonyl (C=O) groups is 1. The van der Waals surface area contributed by atoms with Crippen molar-refractivity contribution >= 4 is 5.91 Å². The van der Waals surface area contributed by atoms with Gasteiger partial charge in [0.05, 0.1) is 0 Å². The summed E-state index contributed by atoms with van der Waals surface area (Å²) in [5.41, 5.74) is 2.74. The molecule has 0 aliphatic carbocycles. The Morgan fingerprint density at radius 3 is 1.82 bits per heavy atom. The molecule has 1 heterocycles. The summed E-state index contributed by atoms with van der Waals surface area (Å²) < 4.78 is 0. The van der Waals surface area contributed by atoms with Crippen LogP contribution in [0.25, 0.3) is 0 Å². The molecule has 2 aromatic carbocycles. The van der Waals surface area contributed by atoms with E-state index in [2.05, 4.69) is 86.8 Å². The second-order valence-electron chi connectivity index (χ2n) is 8.44. The van der Waals surface area contributed by atoms with E-state index in [0.717, 1.165) is 26.2 Å². The minimum Gasteiger partial charge on any atom is -0.348 e.